The SMILES string of the molecule is CC(C)(C)NCCc1nc2c(F)cccc2n1C1CC1. The first kappa shape index (κ1) is 13.6. The maximum absolute atomic E-state index is 13.9. The molecule has 20 heavy (non-hydrogen) atoms. The monoisotopic (exact) mass is 275 g/mol. The zero-order valence-corrected chi connectivity index (χ0v) is 12.4. The predicted octanol–water partition coefficient (Wildman–Crippen LogP) is 3.44. The molecule has 1 aliphatic carbocycles. The van der Waals surface area contributed by atoms with Gasteiger partial charge in [-0.25, -0.2) is 9.37 Å². The average Bonchev–Trinajstić information content (AvgIpc) is 3.10. The Kier molecular flexibility index (Phi) is 3.28. The first-order valence-corrected chi connectivity index (χ1v) is 7.36. The first-order valence-electron chi connectivity index (χ1n) is 7.36. The molecule has 1 saturated carbocycles. The van der Waals surface area contributed by atoms with Crippen molar-refractivity contribution in [1.82, 2.24) is 14.9 Å². The van der Waals surface area contributed by atoms with Crippen molar-refractivity contribution in [2.45, 2.75) is 51.6 Å². The zero-order valence-electron chi connectivity index (χ0n) is 12.4. The fourth-order valence-corrected chi connectivity index (χ4v) is 2.60. The molecule has 1 aromatic carbocycles. The summed E-state index contributed by atoms with van der Waals surface area (Å²) in [6, 6.07) is 5.76. The minimum atomic E-state index is -0.216. The number of hydrogen-bond donors (Lipinski definition) is 1. The van der Waals surface area contributed by atoms with E-state index in [1.165, 1.54) is 18.9 Å². The molecule has 1 aromatic heterocycles. The highest BCUT2D eigenvalue weighted by Crippen LogP contribution is 2.39. The highest BCUT2D eigenvalue weighted by Gasteiger charge is 2.28. The van der Waals surface area contributed by atoms with E-state index in [4.69, 9.17) is 0 Å². The van der Waals surface area contributed by atoms with E-state index in [1.807, 2.05) is 6.07 Å². The van der Waals surface area contributed by atoms with Crippen molar-refractivity contribution in [1.29, 1.82) is 0 Å². The van der Waals surface area contributed by atoms with Gasteiger partial charge >= 0.3 is 0 Å². The third-order valence-corrected chi connectivity index (χ3v) is 3.66. The van der Waals surface area contributed by atoms with Crippen molar-refractivity contribution >= 4 is 11.0 Å². The number of benzene rings is 1. The second-order valence-corrected chi connectivity index (χ2v) is 6.66. The number of imidazole rings is 1. The summed E-state index contributed by atoms with van der Waals surface area (Å²) in [5.74, 6) is 0.788. The molecule has 3 nitrogen and oxygen atoms in total. The second-order valence-electron chi connectivity index (χ2n) is 6.66. The number of nitrogens with one attached hydrogen (secondary N) is 1. The van der Waals surface area contributed by atoms with Crippen LogP contribution in [0.1, 0.15) is 45.5 Å². The largest absolute Gasteiger partial charge is 0.325 e. The third kappa shape index (κ3) is 2.70. The van der Waals surface area contributed by atoms with Gasteiger partial charge in [0.2, 0.25) is 0 Å². The maximum Gasteiger partial charge on any atom is 0.151 e. The summed E-state index contributed by atoms with van der Waals surface area (Å²) in [5, 5.41) is 3.47. The fraction of sp³-hybridized carbons (Fsp3) is 0.562. The van der Waals surface area contributed by atoms with Crippen molar-refractivity contribution in [3.8, 4) is 0 Å². The van der Waals surface area contributed by atoms with Crippen LogP contribution >= 0.6 is 0 Å². The van der Waals surface area contributed by atoms with Crippen LogP contribution in [0.3, 0.4) is 0 Å². The lowest BCUT2D eigenvalue weighted by Gasteiger charge is -2.20. The van der Waals surface area contributed by atoms with Gasteiger partial charge in [0.1, 0.15) is 11.3 Å². The molecule has 1 fully saturated rings. The maximum atomic E-state index is 13.9. The Morgan fingerprint density at radius 3 is 2.75 bits per heavy atom. The lowest BCUT2D eigenvalue weighted by molar-refractivity contribution is 0.425. The van der Waals surface area contributed by atoms with Crippen LogP contribution in [0.15, 0.2) is 18.2 Å². The van der Waals surface area contributed by atoms with E-state index in [9.17, 15) is 4.39 Å². The van der Waals surface area contributed by atoms with E-state index in [0.717, 1.165) is 24.3 Å². The van der Waals surface area contributed by atoms with Gasteiger partial charge in [-0.1, -0.05) is 6.07 Å². The Morgan fingerprint density at radius 1 is 1.35 bits per heavy atom. The molecule has 0 spiro atoms. The molecule has 0 aliphatic heterocycles. The highest BCUT2D eigenvalue weighted by molar-refractivity contribution is 5.77. The molecule has 3 rings (SSSR count). The van der Waals surface area contributed by atoms with Gasteiger partial charge in [-0.15, -0.1) is 0 Å². The van der Waals surface area contributed by atoms with Gasteiger partial charge in [0.15, 0.2) is 5.82 Å². The lowest BCUT2D eigenvalue weighted by Crippen LogP contribution is -2.37. The van der Waals surface area contributed by atoms with Gasteiger partial charge in [-0.3, -0.25) is 0 Å². The molecule has 0 unspecified atom stereocenters. The molecule has 4 heteroatoms. The number of aromatic nitrogens is 2. The molecule has 0 radical (unpaired) electrons. The van der Waals surface area contributed by atoms with E-state index < -0.39 is 0 Å². The van der Waals surface area contributed by atoms with Crippen molar-refractivity contribution in [2.24, 2.45) is 0 Å². The van der Waals surface area contributed by atoms with Crippen molar-refractivity contribution in [2.75, 3.05) is 6.54 Å². The van der Waals surface area contributed by atoms with Gasteiger partial charge < -0.3 is 9.88 Å². The first-order chi connectivity index (χ1) is 9.46. The highest BCUT2D eigenvalue weighted by atomic mass is 19.1. The fourth-order valence-electron chi connectivity index (χ4n) is 2.60. The minimum absolute atomic E-state index is 0.0989. The molecular weight excluding hydrogens is 253 g/mol. The summed E-state index contributed by atoms with van der Waals surface area (Å²) in [6.07, 6.45) is 3.20. The Bertz CT molecular complexity index is 620. The van der Waals surface area contributed by atoms with Crippen molar-refractivity contribution < 1.29 is 4.39 Å². The third-order valence-electron chi connectivity index (χ3n) is 3.66. The number of hydrogen-bond acceptors (Lipinski definition) is 2. The number of nitrogens with zero attached hydrogens (tertiary/aromatic N) is 2. The molecule has 0 atom stereocenters. The molecule has 2 aromatic rings. The Labute approximate surface area is 119 Å². The summed E-state index contributed by atoms with van der Waals surface area (Å²) in [5.41, 5.74) is 1.56. The van der Waals surface area contributed by atoms with Gasteiger partial charge in [0.05, 0.1) is 5.52 Å². The van der Waals surface area contributed by atoms with Crippen LogP contribution in [0.5, 0.6) is 0 Å². The van der Waals surface area contributed by atoms with Crippen LogP contribution in [0, 0.1) is 5.82 Å². The van der Waals surface area contributed by atoms with Crippen LogP contribution < -0.4 is 5.32 Å². The Hall–Kier alpha value is -1.42. The summed E-state index contributed by atoms with van der Waals surface area (Å²) in [4.78, 5) is 4.54. The smallest absolute Gasteiger partial charge is 0.151 e. The minimum Gasteiger partial charge on any atom is -0.325 e. The predicted molar refractivity (Wildman–Crippen MR) is 79.4 cm³/mol. The van der Waals surface area contributed by atoms with Crippen LogP contribution in [0.2, 0.25) is 0 Å². The van der Waals surface area contributed by atoms with Crippen molar-refractivity contribution in [3.63, 3.8) is 0 Å². The van der Waals surface area contributed by atoms with E-state index >= 15 is 0 Å². The van der Waals surface area contributed by atoms with E-state index in [1.54, 1.807) is 6.07 Å². The number of fused-ring (bicyclic) bond motifs is 1. The Balaban J connectivity index is 1.90. The van der Waals surface area contributed by atoms with E-state index in [2.05, 4.69) is 35.6 Å². The molecule has 1 heterocycles. The molecule has 0 saturated heterocycles. The number of para-hydroxylation sites is 1. The molecule has 1 aliphatic rings. The molecular formula is C16H22FN3. The number of rotatable bonds is 4. The second kappa shape index (κ2) is 4.85. The van der Waals surface area contributed by atoms with E-state index in [-0.39, 0.29) is 11.4 Å². The summed E-state index contributed by atoms with van der Waals surface area (Å²) < 4.78 is 16.1. The van der Waals surface area contributed by atoms with Gasteiger partial charge in [0, 0.05) is 24.5 Å². The summed E-state index contributed by atoms with van der Waals surface area (Å²) in [7, 11) is 0. The van der Waals surface area contributed by atoms with E-state index in [0.29, 0.717) is 11.6 Å². The van der Waals surface area contributed by atoms with Crippen LogP contribution in [-0.2, 0) is 6.42 Å². The van der Waals surface area contributed by atoms with Gasteiger partial charge in [0.25, 0.3) is 0 Å². The van der Waals surface area contributed by atoms with Crippen LogP contribution in [0.25, 0.3) is 11.0 Å². The summed E-state index contributed by atoms with van der Waals surface area (Å²) in [6.45, 7) is 7.31. The Morgan fingerprint density at radius 2 is 2.10 bits per heavy atom. The topological polar surface area (TPSA) is 29.9 Å². The average molecular weight is 275 g/mol. The molecule has 1 N–H and O–H groups in total. The standard InChI is InChI=1S/C16H22FN3/c1-16(2,3)18-10-9-14-19-15-12(17)5-4-6-13(15)20(14)11-7-8-11/h4-6,11,18H,7-10H2,1-3H3. The van der Waals surface area contributed by atoms with Gasteiger partial charge in [-0.2, -0.15) is 0 Å². The number of halogens is 1. The normalized spacial score (nSPS) is 16.0. The van der Waals surface area contributed by atoms with Gasteiger partial charge in [-0.05, 0) is 45.7 Å². The summed E-state index contributed by atoms with van der Waals surface area (Å²) >= 11 is 0. The van der Waals surface area contributed by atoms with Crippen molar-refractivity contribution in [3.05, 3.63) is 29.8 Å². The lowest BCUT2D eigenvalue weighted by atomic mass is 10.1. The molecule has 0 amide bonds. The molecule has 0 bridgehead atoms. The van der Waals surface area contributed by atoms with Crippen LogP contribution in [0.4, 0.5) is 4.39 Å². The quantitative estimate of drug-likeness (QED) is 0.926. The zero-order chi connectivity index (χ0) is 14.3. The van der Waals surface area contributed by atoms with Crippen LogP contribution in [-0.4, -0.2) is 21.6 Å². The molecule has 108 valence electrons.